The van der Waals surface area contributed by atoms with Gasteiger partial charge in [-0.15, -0.1) is 0 Å². The van der Waals surface area contributed by atoms with Gasteiger partial charge in [0.25, 0.3) is 15.9 Å². The third kappa shape index (κ3) is 2.75. The molecule has 0 aliphatic carbocycles. The second-order valence-corrected chi connectivity index (χ2v) is 7.93. The van der Waals surface area contributed by atoms with Crippen molar-refractivity contribution in [1.29, 1.82) is 0 Å². The first-order valence-electron chi connectivity index (χ1n) is 7.59. The van der Waals surface area contributed by atoms with E-state index < -0.39 is 10.0 Å². The van der Waals surface area contributed by atoms with Crippen LogP contribution in [0.25, 0.3) is 0 Å². The molecule has 0 radical (unpaired) electrons. The van der Waals surface area contributed by atoms with Gasteiger partial charge in [0, 0.05) is 38.6 Å². The van der Waals surface area contributed by atoms with E-state index in [-0.39, 0.29) is 10.8 Å². The van der Waals surface area contributed by atoms with Gasteiger partial charge < -0.3 is 4.90 Å². The van der Waals surface area contributed by atoms with Crippen molar-refractivity contribution in [1.82, 2.24) is 9.88 Å². The Morgan fingerprint density at radius 2 is 1.96 bits per heavy atom. The average Bonchev–Trinajstić information content (AvgIpc) is 2.97. The lowest BCUT2D eigenvalue weighted by atomic mass is 10.1. The van der Waals surface area contributed by atoms with Gasteiger partial charge in [-0.3, -0.25) is 14.1 Å². The summed E-state index contributed by atoms with van der Waals surface area (Å²) in [4.78, 5) is 17.7. The fourth-order valence-corrected chi connectivity index (χ4v) is 4.36. The summed E-state index contributed by atoms with van der Waals surface area (Å²) in [5.74, 6) is -0.0954. The van der Waals surface area contributed by atoms with Crippen LogP contribution in [0.2, 0.25) is 0 Å². The number of aryl methyl sites for hydroxylation is 1. The van der Waals surface area contributed by atoms with Crippen molar-refractivity contribution in [2.24, 2.45) is 0 Å². The van der Waals surface area contributed by atoms with Crippen LogP contribution in [0.1, 0.15) is 21.5 Å². The van der Waals surface area contributed by atoms with Crippen molar-refractivity contribution < 1.29 is 13.2 Å². The van der Waals surface area contributed by atoms with Gasteiger partial charge in [0.05, 0.1) is 5.69 Å². The van der Waals surface area contributed by atoms with E-state index in [1.165, 1.54) is 15.4 Å². The highest BCUT2D eigenvalue weighted by Crippen LogP contribution is 2.33. The van der Waals surface area contributed by atoms with Crippen LogP contribution >= 0.6 is 0 Å². The molecule has 1 aromatic heterocycles. The number of carbonyl (C=O) groups is 1. The highest BCUT2D eigenvalue weighted by atomic mass is 32.2. The zero-order valence-corrected chi connectivity index (χ0v) is 14.7. The molecule has 0 N–H and O–H groups in total. The monoisotopic (exact) mass is 345 g/mol. The molecule has 2 heterocycles. The maximum atomic E-state index is 12.9. The van der Waals surface area contributed by atoms with Gasteiger partial charge in [-0.1, -0.05) is 0 Å². The SMILES string of the molecule is Cc1cncc(S(=O)(=O)N2CCc3cc(C(=O)N(C)C)ccc32)c1. The number of anilines is 1. The van der Waals surface area contributed by atoms with E-state index in [4.69, 9.17) is 0 Å². The molecule has 1 aliphatic heterocycles. The molecule has 3 rings (SSSR count). The molecular weight excluding hydrogens is 326 g/mol. The van der Waals surface area contributed by atoms with Gasteiger partial charge in [0.1, 0.15) is 4.90 Å². The van der Waals surface area contributed by atoms with Crippen molar-refractivity contribution in [3.8, 4) is 0 Å². The number of hydrogen-bond acceptors (Lipinski definition) is 4. The Bertz CT molecular complexity index is 907. The number of hydrogen-bond donors (Lipinski definition) is 0. The van der Waals surface area contributed by atoms with Crippen LogP contribution in [-0.2, 0) is 16.4 Å². The highest BCUT2D eigenvalue weighted by molar-refractivity contribution is 7.92. The summed E-state index contributed by atoms with van der Waals surface area (Å²) in [5, 5.41) is 0. The van der Waals surface area contributed by atoms with E-state index in [9.17, 15) is 13.2 Å². The number of nitrogens with zero attached hydrogens (tertiary/aromatic N) is 3. The second kappa shape index (κ2) is 5.90. The summed E-state index contributed by atoms with van der Waals surface area (Å²) in [6.45, 7) is 2.17. The van der Waals surface area contributed by atoms with Gasteiger partial charge >= 0.3 is 0 Å². The van der Waals surface area contributed by atoms with Gasteiger partial charge in [-0.05, 0) is 48.7 Å². The van der Waals surface area contributed by atoms with E-state index in [0.717, 1.165) is 11.1 Å². The van der Waals surface area contributed by atoms with Crippen molar-refractivity contribution >= 4 is 21.6 Å². The van der Waals surface area contributed by atoms with Crippen molar-refractivity contribution in [3.63, 3.8) is 0 Å². The topological polar surface area (TPSA) is 70.6 Å². The van der Waals surface area contributed by atoms with Crippen molar-refractivity contribution in [2.45, 2.75) is 18.2 Å². The summed E-state index contributed by atoms with van der Waals surface area (Å²) in [6.07, 6.45) is 3.57. The van der Waals surface area contributed by atoms with E-state index in [1.54, 1.807) is 44.6 Å². The predicted molar refractivity (Wildman–Crippen MR) is 91.7 cm³/mol. The minimum absolute atomic E-state index is 0.0954. The summed E-state index contributed by atoms with van der Waals surface area (Å²) >= 11 is 0. The van der Waals surface area contributed by atoms with Gasteiger partial charge in [0.15, 0.2) is 0 Å². The summed E-state index contributed by atoms with van der Waals surface area (Å²) < 4.78 is 27.2. The van der Waals surface area contributed by atoms with Gasteiger partial charge in [-0.2, -0.15) is 0 Å². The first-order chi connectivity index (χ1) is 11.3. The largest absolute Gasteiger partial charge is 0.345 e. The number of benzene rings is 1. The number of sulfonamides is 1. The molecule has 0 spiro atoms. The van der Waals surface area contributed by atoms with Crippen LogP contribution in [0.4, 0.5) is 5.69 Å². The fraction of sp³-hybridized carbons (Fsp3) is 0.294. The molecule has 24 heavy (non-hydrogen) atoms. The smallest absolute Gasteiger partial charge is 0.265 e. The molecule has 0 saturated heterocycles. The van der Waals surface area contributed by atoms with Gasteiger partial charge in [0.2, 0.25) is 0 Å². The molecule has 6 nitrogen and oxygen atoms in total. The molecule has 0 bridgehead atoms. The average molecular weight is 345 g/mol. The lowest BCUT2D eigenvalue weighted by molar-refractivity contribution is 0.0827. The normalized spacial score (nSPS) is 13.7. The van der Waals surface area contributed by atoms with Crippen LogP contribution in [0, 0.1) is 6.92 Å². The van der Waals surface area contributed by atoms with E-state index in [0.29, 0.717) is 24.2 Å². The molecule has 1 aromatic carbocycles. The lowest BCUT2D eigenvalue weighted by Gasteiger charge is -2.20. The number of aromatic nitrogens is 1. The minimum atomic E-state index is -3.65. The molecule has 0 atom stereocenters. The molecule has 2 aromatic rings. The Hall–Kier alpha value is -2.41. The van der Waals surface area contributed by atoms with Crippen LogP contribution in [0.3, 0.4) is 0 Å². The molecule has 0 fully saturated rings. The highest BCUT2D eigenvalue weighted by Gasteiger charge is 2.31. The maximum Gasteiger partial charge on any atom is 0.265 e. The van der Waals surface area contributed by atoms with Crippen molar-refractivity contribution in [3.05, 3.63) is 53.3 Å². The van der Waals surface area contributed by atoms with E-state index >= 15 is 0 Å². The third-order valence-corrected chi connectivity index (χ3v) is 5.80. The van der Waals surface area contributed by atoms with E-state index in [1.807, 2.05) is 6.92 Å². The Labute approximate surface area is 141 Å². The Morgan fingerprint density at radius 1 is 1.21 bits per heavy atom. The standard InChI is InChI=1S/C17H19N3O3S/c1-12-8-15(11-18-10-12)24(22,23)20-7-6-13-9-14(4-5-16(13)20)17(21)19(2)3/h4-5,8-11H,6-7H2,1-3H3. The third-order valence-electron chi connectivity index (χ3n) is 4.02. The lowest BCUT2D eigenvalue weighted by Crippen LogP contribution is -2.29. The summed E-state index contributed by atoms with van der Waals surface area (Å²) in [5.41, 5.74) is 2.86. The first-order valence-corrected chi connectivity index (χ1v) is 9.03. The number of rotatable bonds is 3. The maximum absolute atomic E-state index is 12.9. The van der Waals surface area contributed by atoms with Crippen LogP contribution in [0.5, 0.6) is 0 Å². The Morgan fingerprint density at radius 3 is 2.62 bits per heavy atom. The van der Waals surface area contributed by atoms with Crippen LogP contribution in [-0.4, -0.2) is 44.8 Å². The van der Waals surface area contributed by atoms with Gasteiger partial charge in [-0.25, -0.2) is 8.42 Å². The number of fused-ring (bicyclic) bond motifs is 1. The zero-order valence-electron chi connectivity index (χ0n) is 13.9. The second-order valence-electron chi connectivity index (χ2n) is 6.07. The predicted octanol–water partition coefficient (Wildman–Crippen LogP) is 1.84. The summed E-state index contributed by atoms with van der Waals surface area (Å²) in [7, 11) is -0.265. The molecule has 126 valence electrons. The fourth-order valence-electron chi connectivity index (χ4n) is 2.81. The van der Waals surface area contributed by atoms with Crippen LogP contribution < -0.4 is 4.31 Å². The molecule has 1 amide bonds. The molecule has 0 unspecified atom stereocenters. The number of pyridine rings is 1. The molecule has 7 heteroatoms. The van der Waals surface area contributed by atoms with Crippen LogP contribution in [0.15, 0.2) is 41.6 Å². The molecule has 1 aliphatic rings. The minimum Gasteiger partial charge on any atom is -0.345 e. The molecular formula is C17H19N3O3S. The number of carbonyl (C=O) groups excluding carboxylic acids is 1. The first kappa shape index (κ1) is 16.4. The van der Waals surface area contributed by atoms with Crippen molar-refractivity contribution in [2.75, 3.05) is 24.9 Å². The quantitative estimate of drug-likeness (QED) is 0.851. The Kier molecular flexibility index (Phi) is 4.04. The number of amides is 1. The molecule has 0 saturated carbocycles. The summed E-state index contributed by atoms with van der Waals surface area (Å²) in [6, 6.07) is 6.77. The Balaban J connectivity index is 1.99. The van der Waals surface area contributed by atoms with E-state index in [2.05, 4.69) is 4.98 Å². The zero-order chi connectivity index (χ0) is 17.5.